The third-order valence-electron chi connectivity index (χ3n) is 2.33. The first-order chi connectivity index (χ1) is 8.48. The molecule has 2 rings (SSSR count). The Balaban J connectivity index is 2.35. The van der Waals surface area contributed by atoms with Crippen LogP contribution in [0.4, 0.5) is 24.5 Å². The number of alkyl halides is 3. The second kappa shape index (κ2) is 4.90. The minimum absolute atomic E-state index is 0.262. The average molecular weight is 271 g/mol. The van der Waals surface area contributed by atoms with E-state index in [0.29, 0.717) is 5.69 Å². The molecule has 0 spiro atoms. The molecule has 5 heteroatoms. The number of hydrogen-bond acceptors (Lipinski definition) is 1. The van der Waals surface area contributed by atoms with Crippen LogP contribution in [0.3, 0.4) is 0 Å². The van der Waals surface area contributed by atoms with Gasteiger partial charge in [0.2, 0.25) is 0 Å². The van der Waals surface area contributed by atoms with Crippen LogP contribution in [-0.2, 0) is 6.18 Å². The fraction of sp³-hybridized carbons (Fsp3) is 0.0769. The van der Waals surface area contributed by atoms with Gasteiger partial charge in [0.05, 0.1) is 16.9 Å². The quantitative estimate of drug-likeness (QED) is 0.709. The molecule has 0 saturated carbocycles. The summed E-state index contributed by atoms with van der Waals surface area (Å²) in [5.74, 6) is 0. The first-order valence-corrected chi connectivity index (χ1v) is 5.41. The van der Waals surface area contributed by atoms with Crippen LogP contribution in [-0.4, -0.2) is 0 Å². The van der Waals surface area contributed by atoms with Crippen molar-refractivity contribution in [1.29, 1.82) is 0 Å². The van der Waals surface area contributed by atoms with E-state index in [1.807, 2.05) is 0 Å². The molecule has 0 amide bonds. The van der Waals surface area contributed by atoms with Crippen molar-refractivity contribution in [2.75, 3.05) is 4.42 Å². The average Bonchev–Trinajstić information content (AvgIpc) is 2.38. The number of rotatable bonds is 2. The van der Waals surface area contributed by atoms with E-state index in [4.69, 9.17) is 11.8 Å². The highest BCUT2D eigenvalue weighted by Crippen LogP contribution is 2.34. The van der Waals surface area contributed by atoms with Gasteiger partial charge in [-0.05, 0) is 36.4 Å². The number of nitrogens with zero attached hydrogens (tertiary/aromatic N) is 1. The zero-order chi connectivity index (χ0) is 13.2. The van der Waals surface area contributed by atoms with Crippen LogP contribution in [0.25, 0.3) is 0 Å². The molecule has 0 aliphatic heterocycles. The number of benzene rings is 2. The fourth-order valence-corrected chi connectivity index (χ4v) is 1.68. The summed E-state index contributed by atoms with van der Waals surface area (Å²) < 4.78 is 38.9. The molecule has 1 nitrogen and oxygen atoms in total. The van der Waals surface area contributed by atoms with Gasteiger partial charge in [-0.25, -0.2) is 0 Å². The maximum absolute atomic E-state index is 12.6. The summed E-state index contributed by atoms with van der Waals surface area (Å²) in [6.07, 6.45) is -4.38. The highest BCUT2D eigenvalue weighted by Gasteiger charge is 2.30. The van der Waals surface area contributed by atoms with Crippen molar-refractivity contribution in [1.82, 2.24) is 0 Å². The molecule has 0 fully saturated rings. The van der Waals surface area contributed by atoms with Crippen LogP contribution in [0.2, 0.25) is 0 Å². The maximum atomic E-state index is 12.6. The lowest BCUT2D eigenvalue weighted by Crippen LogP contribution is -2.07. The first kappa shape index (κ1) is 12.8. The van der Waals surface area contributed by atoms with Crippen molar-refractivity contribution in [3.05, 3.63) is 60.2 Å². The molecule has 93 valence electrons. The molecule has 0 atom stereocenters. The lowest BCUT2D eigenvalue weighted by atomic mass is 10.2. The predicted octanol–water partition coefficient (Wildman–Crippen LogP) is 4.80. The molecule has 0 saturated heterocycles. The minimum Gasteiger partial charge on any atom is -0.254 e. The Bertz CT molecular complexity index is 525. The smallest absolute Gasteiger partial charge is 0.254 e. The van der Waals surface area contributed by atoms with E-state index in [1.54, 1.807) is 24.3 Å². The Labute approximate surface area is 108 Å². The van der Waals surface area contributed by atoms with Crippen LogP contribution in [0.5, 0.6) is 0 Å². The van der Waals surface area contributed by atoms with Gasteiger partial charge in [0, 0.05) is 11.8 Å². The monoisotopic (exact) mass is 270 g/mol. The Morgan fingerprint density at radius 3 is 2.28 bits per heavy atom. The van der Waals surface area contributed by atoms with Crippen molar-refractivity contribution >= 4 is 23.2 Å². The zero-order valence-corrected chi connectivity index (χ0v) is 9.83. The van der Waals surface area contributed by atoms with E-state index in [2.05, 4.69) is 6.07 Å². The molecule has 18 heavy (non-hydrogen) atoms. The molecule has 0 N–H and O–H groups in total. The number of hydrogen-bond donors (Lipinski definition) is 0. The van der Waals surface area contributed by atoms with Crippen LogP contribution in [0.1, 0.15) is 5.56 Å². The van der Waals surface area contributed by atoms with Gasteiger partial charge in [-0.2, -0.15) is 13.2 Å². The lowest BCUT2D eigenvalue weighted by molar-refractivity contribution is -0.137. The molecule has 1 radical (unpaired) electrons. The second-order valence-electron chi connectivity index (χ2n) is 3.59. The molecule has 0 unspecified atom stereocenters. The van der Waals surface area contributed by atoms with E-state index in [0.717, 1.165) is 12.1 Å². The summed E-state index contributed by atoms with van der Waals surface area (Å²) >= 11 is 6.01. The van der Waals surface area contributed by atoms with Gasteiger partial charge in [0.15, 0.2) is 0 Å². The Hall–Kier alpha value is -1.68. The van der Waals surface area contributed by atoms with Crippen LogP contribution in [0.15, 0.2) is 48.5 Å². The minimum atomic E-state index is -4.38. The second-order valence-corrected chi connectivity index (χ2v) is 3.93. The summed E-state index contributed by atoms with van der Waals surface area (Å²) in [7, 11) is 0. The Morgan fingerprint density at radius 2 is 1.67 bits per heavy atom. The van der Waals surface area contributed by atoms with E-state index >= 15 is 0 Å². The van der Waals surface area contributed by atoms with Crippen molar-refractivity contribution < 1.29 is 13.2 Å². The predicted molar refractivity (Wildman–Crippen MR) is 64.7 cm³/mol. The third-order valence-corrected chi connectivity index (χ3v) is 2.72. The molecule has 0 aliphatic rings. The Morgan fingerprint density at radius 1 is 1.00 bits per heavy atom. The Kier molecular flexibility index (Phi) is 3.48. The van der Waals surface area contributed by atoms with Crippen molar-refractivity contribution in [2.45, 2.75) is 6.18 Å². The summed E-state index contributed by atoms with van der Waals surface area (Å²) in [5.41, 5.74) is 0.112. The van der Waals surface area contributed by atoms with Gasteiger partial charge >= 0.3 is 6.18 Å². The first-order valence-electron chi connectivity index (χ1n) is 5.08. The molecule has 0 aliphatic carbocycles. The third kappa shape index (κ3) is 2.76. The molecule has 0 heterocycles. The van der Waals surface area contributed by atoms with Gasteiger partial charge in [-0.1, -0.05) is 18.2 Å². The van der Waals surface area contributed by atoms with Crippen LogP contribution in [0, 0.1) is 6.07 Å². The molecule has 0 bridgehead atoms. The molecule has 2 aromatic carbocycles. The molecule has 2 aromatic rings. The highest BCUT2D eigenvalue weighted by atomic mass is 35.5. The van der Waals surface area contributed by atoms with Gasteiger partial charge in [0.25, 0.3) is 0 Å². The number of anilines is 2. The lowest BCUT2D eigenvalue weighted by Gasteiger charge is -2.17. The highest BCUT2D eigenvalue weighted by molar-refractivity contribution is 6.29. The van der Waals surface area contributed by atoms with Gasteiger partial charge in [0.1, 0.15) is 0 Å². The molecular weight excluding hydrogens is 263 g/mol. The maximum Gasteiger partial charge on any atom is 0.416 e. The fourth-order valence-electron chi connectivity index (χ4n) is 1.46. The largest absolute Gasteiger partial charge is 0.416 e. The van der Waals surface area contributed by atoms with Gasteiger partial charge in [-0.15, -0.1) is 0 Å². The summed E-state index contributed by atoms with van der Waals surface area (Å²) in [6.45, 7) is 0. The SMILES string of the molecule is FC(F)(F)c1cccc(N(Cl)c2cc[c]cc2)c1. The summed E-state index contributed by atoms with van der Waals surface area (Å²) in [5, 5.41) is 0. The van der Waals surface area contributed by atoms with Crippen LogP contribution < -0.4 is 4.42 Å². The van der Waals surface area contributed by atoms with Crippen molar-refractivity contribution in [3.63, 3.8) is 0 Å². The standard InChI is InChI=1S/C13H8ClF3N/c14-18(11-6-2-1-3-7-11)12-8-4-5-10(9-12)13(15,16)17/h2-9H. The van der Waals surface area contributed by atoms with Crippen molar-refractivity contribution in [2.24, 2.45) is 0 Å². The molecular formula is C13H8ClF3N. The topological polar surface area (TPSA) is 3.24 Å². The van der Waals surface area contributed by atoms with E-state index in [1.165, 1.54) is 16.6 Å². The summed E-state index contributed by atoms with van der Waals surface area (Å²) in [4.78, 5) is 0. The van der Waals surface area contributed by atoms with E-state index in [-0.39, 0.29) is 5.69 Å². The van der Waals surface area contributed by atoms with Gasteiger partial charge < -0.3 is 0 Å². The van der Waals surface area contributed by atoms with Crippen molar-refractivity contribution in [3.8, 4) is 0 Å². The van der Waals surface area contributed by atoms with Gasteiger partial charge in [-0.3, -0.25) is 4.42 Å². The summed E-state index contributed by atoms with van der Waals surface area (Å²) in [6, 6.07) is 14.2. The molecule has 0 aromatic heterocycles. The normalized spacial score (nSPS) is 11.3. The van der Waals surface area contributed by atoms with E-state index in [9.17, 15) is 13.2 Å². The van der Waals surface area contributed by atoms with Crippen LogP contribution >= 0.6 is 11.8 Å². The van der Waals surface area contributed by atoms with E-state index < -0.39 is 11.7 Å². The number of halogens is 4. The zero-order valence-electron chi connectivity index (χ0n) is 9.08.